The molecule has 2 aromatic carbocycles. The summed E-state index contributed by atoms with van der Waals surface area (Å²) in [5.41, 5.74) is 1.35. The van der Waals surface area contributed by atoms with Gasteiger partial charge in [0.25, 0.3) is 0 Å². The maximum Gasteiger partial charge on any atom is 0.237 e. The van der Waals surface area contributed by atoms with Gasteiger partial charge in [0, 0.05) is 22.7 Å². The summed E-state index contributed by atoms with van der Waals surface area (Å²) in [5, 5.41) is 6.20. The average Bonchev–Trinajstić information content (AvgIpc) is 2.60. The number of carbonyl (C=O) groups excluding carboxylic acids is 2. The fourth-order valence-electron chi connectivity index (χ4n) is 2.14. The summed E-state index contributed by atoms with van der Waals surface area (Å²) in [5.74, 6) is -0.129. The minimum absolute atomic E-state index is 0.00211. The van der Waals surface area contributed by atoms with Crippen LogP contribution in [0.4, 0.5) is 11.4 Å². The van der Waals surface area contributed by atoms with Crippen LogP contribution in [0.15, 0.2) is 47.4 Å². The Morgan fingerprint density at radius 3 is 2.27 bits per heavy atom. The van der Waals surface area contributed by atoms with Crippen molar-refractivity contribution >= 4 is 58.2 Å². The highest BCUT2D eigenvalue weighted by Gasteiger charge is 2.15. The summed E-state index contributed by atoms with van der Waals surface area (Å²) >= 11 is 13.3. The number of rotatable bonds is 7. The van der Waals surface area contributed by atoms with E-state index in [2.05, 4.69) is 10.6 Å². The standard InChI is InChI=1S/C19H20Cl2N2O2S/c1-3-4-18(24)22-13-5-8-15(9-6-13)26-12(2)19(25)23-14-7-10-16(20)17(21)11-14/h5-12H,3-4H2,1-2H3,(H,22,24)(H,23,25). The minimum atomic E-state index is -0.301. The van der Waals surface area contributed by atoms with Crippen LogP contribution in [-0.4, -0.2) is 17.1 Å². The molecule has 0 saturated heterocycles. The van der Waals surface area contributed by atoms with Crippen LogP contribution in [0.5, 0.6) is 0 Å². The highest BCUT2D eigenvalue weighted by atomic mass is 35.5. The van der Waals surface area contributed by atoms with Gasteiger partial charge >= 0.3 is 0 Å². The smallest absolute Gasteiger partial charge is 0.237 e. The molecule has 2 amide bonds. The third-order valence-electron chi connectivity index (χ3n) is 3.48. The summed E-state index contributed by atoms with van der Waals surface area (Å²) < 4.78 is 0. The third-order valence-corrected chi connectivity index (χ3v) is 5.34. The number of benzene rings is 2. The Hall–Kier alpha value is -1.69. The Kier molecular flexibility index (Phi) is 7.82. The van der Waals surface area contributed by atoms with Crippen molar-refractivity contribution in [2.24, 2.45) is 0 Å². The number of amides is 2. The van der Waals surface area contributed by atoms with Gasteiger partial charge in [0.1, 0.15) is 0 Å². The van der Waals surface area contributed by atoms with Gasteiger partial charge in [0.15, 0.2) is 0 Å². The largest absolute Gasteiger partial charge is 0.326 e. The zero-order valence-electron chi connectivity index (χ0n) is 14.5. The van der Waals surface area contributed by atoms with E-state index in [1.807, 2.05) is 38.1 Å². The third kappa shape index (κ3) is 6.24. The molecule has 138 valence electrons. The topological polar surface area (TPSA) is 58.2 Å². The molecule has 0 aromatic heterocycles. The summed E-state index contributed by atoms with van der Waals surface area (Å²) in [6, 6.07) is 12.4. The normalized spacial score (nSPS) is 11.7. The molecule has 0 bridgehead atoms. The summed E-state index contributed by atoms with van der Waals surface area (Å²) in [6.07, 6.45) is 1.31. The first-order chi connectivity index (χ1) is 12.4. The van der Waals surface area contributed by atoms with Gasteiger partial charge in [-0.2, -0.15) is 0 Å². The minimum Gasteiger partial charge on any atom is -0.326 e. The Labute approximate surface area is 167 Å². The number of carbonyl (C=O) groups is 2. The van der Waals surface area contributed by atoms with Gasteiger partial charge < -0.3 is 10.6 Å². The Morgan fingerprint density at radius 2 is 1.65 bits per heavy atom. The Bertz CT molecular complexity index is 782. The van der Waals surface area contributed by atoms with Crippen molar-refractivity contribution in [3.05, 3.63) is 52.5 Å². The number of nitrogens with one attached hydrogen (secondary N) is 2. The number of halogens is 2. The van der Waals surface area contributed by atoms with Crippen LogP contribution < -0.4 is 10.6 Å². The Morgan fingerprint density at radius 1 is 1.00 bits per heavy atom. The molecule has 0 fully saturated rings. The molecule has 0 saturated carbocycles. The van der Waals surface area contributed by atoms with Crippen molar-refractivity contribution < 1.29 is 9.59 Å². The first kappa shape index (κ1) is 20.6. The van der Waals surface area contributed by atoms with Gasteiger partial charge in [-0.15, -0.1) is 11.8 Å². The maximum atomic E-state index is 12.3. The monoisotopic (exact) mass is 410 g/mol. The SMILES string of the molecule is CCCC(=O)Nc1ccc(SC(C)C(=O)Nc2ccc(Cl)c(Cl)c2)cc1. The molecular weight excluding hydrogens is 391 g/mol. The highest BCUT2D eigenvalue weighted by molar-refractivity contribution is 8.00. The van der Waals surface area contributed by atoms with Crippen molar-refractivity contribution in [1.29, 1.82) is 0 Å². The summed E-state index contributed by atoms with van der Waals surface area (Å²) in [7, 11) is 0. The van der Waals surface area contributed by atoms with Crippen molar-refractivity contribution in [3.8, 4) is 0 Å². The van der Waals surface area contributed by atoms with Crippen LogP contribution in [0.1, 0.15) is 26.7 Å². The van der Waals surface area contributed by atoms with E-state index < -0.39 is 0 Å². The number of anilines is 2. The van der Waals surface area contributed by atoms with Crippen LogP contribution in [0.2, 0.25) is 10.0 Å². The van der Waals surface area contributed by atoms with Crippen LogP contribution in [0.25, 0.3) is 0 Å². The second-order valence-corrected chi connectivity index (χ2v) is 7.93. The molecule has 0 aliphatic heterocycles. The van der Waals surface area contributed by atoms with Gasteiger partial charge in [-0.25, -0.2) is 0 Å². The molecular formula is C19H20Cl2N2O2S. The molecule has 7 heteroatoms. The molecule has 0 heterocycles. The van der Waals surface area contributed by atoms with E-state index in [9.17, 15) is 9.59 Å². The lowest BCUT2D eigenvalue weighted by atomic mass is 10.3. The average molecular weight is 411 g/mol. The predicted molar refractivity (Wildman–Crippen MR) is 110 cm³/mol. The van der Waals surface area contributed by atoms with Gasteiger partial charge in [0.2, 0.25) is 11.8 Å². The van der Waals surface area contributed by atoms with Crippen molar-refractivity contribution in [1.82, 2.24) is 0 Å². The van der Waals surface area contributed by atoms with E-state index in [0.717, 1.165) is 17.0 Å². The van der Waals surface area contributed by atoms with E-state index in [0.29, 0.717) is 22.2 Å². The zero-order valence-corrected chi connectivity index (χ0v) is 16.8. The molecule has 1 unspecified atom stereocenters. The molecule has 4 nitrogen and oxygen atoms in total. The van der Waals surface area contributed by atoms with Crippen molar-refractivity contribution in [2.45, 2.75) is 36.8 Å². The van der Waals surface area contributed by atoms with Crippen LogP contribution >= 0.6 is 35.0 Å². The molecule has 0 spiro atoms. The number of hydrogen-bond donors (Lipinski definition) is 2. The second kappa shape index (κ2) is 9.86. The van der Waals surface area contributed by atoms with Crippen molar-refractivity contribution in [2.75, 3.05) is 10.6 Å². The van der Waals surface area contributed by atoms with Crippen LogP contribution in [0, 0.1) is 0 Å². The van der Waals surface area contributed by atoms with Gasteiger partial charge in [-0.1, -0.05) is 30.1 Å². The number of thioether (sulfide) groups is 1. The van der Waals surface area contributed by atoms with Crippen molar-refractivity contribution in [3.63, 3.8) is 0 Å². The lowest BCUT2D eigenvalue weighted by molar-refractivity contribution is -0.116. The quantitative estimate of drug-likeness (QED) is 0.562. The molecule has 26 heavy (non-hydrogen) atoms. The lowest BCUT2D eigenvalue weighted by Gasteiger charge is -2.13. The number of hydrogen-bond acceptors (Lipinski definition) is 3. The fraction of sp³-hybridized carbons (Fsp3) is 0.263. The van der Waals surface area contributed by atoms with E-state index in [1.165, 1.54) is 11.8 Å². The van der Waals surface area contributed by atoms with E-state index in [4.69, 9.17) is 23.2 Å². The molecule has 0 aliphatic carbocycles. The summed E-state index contributed by atoms with van der Waals surface area (Å²) in [4.78, 5) is 24.9. The molecule has 0 aliphatic rings. The second-order valence-electron chi connectivity index (χ2n) is 5.70. The van der Waals surface area contributed by atoms with Gasteiger partial charge in [-0.05, 0) is 55.8 Å². The Balaban J connectivity index is 1.91. The van der Waals surface area contributed by atoms with E-state index >= 15 is 0 Å². The van der Waals surface area contributed by atoms with Gasteiger partial charge in [0.05, 0.1) is 15.3 Å². The summed E-state index contributed by atoms with van der Waals surface area (Å²) in [6.45, 7) is 3.79. The highest BCUT2D eigenvalue weighted by Crippen LogP contribution is 2.28. The zero-order chi connectivity index (χ0) is 19.1. The van der Waals surface area contributed by atoms with E-state index in [1.54, 1.807) is 18.2 Å². The van der Waals surface area contributed by atoms with E-state index in [-0.39, 0.29) is 17.1 Å². The maximum absolute atomic E-state index is 12.3. The van der Waals surface area contributed by atoms with Crippen LogP contribution in [0.3, 0.4) is 0 Å². The molecule has 2 rings (SSSR count). The lowest BCUT2D eigenvalue weighted by Crippen LogP contribution is -2.22. The fourth-order valence-corrected chi connectivity index (χ4v) is 3.31. The molecule has 2 N–H and O–H groups in total. The van der Waals surface area contributed by atoms with Gasteiger partial charge in [-0.3, -0.25) is 9.59 Å². The first-order valence-electron chi connectivity index (χ1n) is 8.21. The molecule has 2 aromatic rings. The first-order valence-corrected chi connectivity index (χ1v) is 9.85. The molecule has 1 atom stereocenters. The predicted octanol–water partition coefficient (Wildman–Crippen LogP) is 5.85. The van der Waals surface area contributed by atoms with Crippen LogP contribution in [-0.2, 0) is 9.59 Å². The molecule has 0 radical (unpaired) electrons.